The average Bonchev–Trinajstić information content (AvgIpc) is 1.35. The van der Waals surface area contributed by atoms with E-state index in [-0.39, 0.29) is 0 Å². The lowest BCUT2D eigenvalue weighted by Crippen LogP contribution is -1.77. The fraction of sp³-hybridized carbons (Fsp3) is 1.00. The smallest absolute Gasteiger partial charge is 0.126 e. The van der Waals surface area contributed by atoms with Gasteiger partial charge in [0.1, 0.15) is 8.94 Å². The van der Waals surface area contributed by atoms with Gasteiger partial charge in [-0.25, -0.2) is 8.57 Å². The van der Waals surface area contributed by atoms with Crippen molar-refractivity contribution in [3.05, 3.63) is 0 Å². The Kier molecular flexibility index (Phi) is 1.87. The second kappa shape index (κ2) is 1.80. The van der Waals surface area contributed by atoms with Crippen LogP contribution in [0.25, 0.3) is 0 Å². The van der Waals surface area contributed by atoms with Crippen molar-refractivity contribution in [1.82, 2.24) is 0 Å². The molecule has 1 unspecified atom stereocenters. The van der Waals surface area contributed by atoms with Gasteiger partial charge in [0.25, 0.3) is 0 Å². The van der Waals surface area contributed by atoms with Crippen LogP contribution in [-0.4, -0.2) is 17.5 Å². The highest BCUT2D eigenvalue weighted by Crippen LogP contribution is 1.91. The molecular weight excluding hydrogens is 122 g/mol. The van der Waals surface area contributed by atoms with Crippen molar-refractivity contribution in [2.45, 2.75) is 0 Å². The summed E-state index contributed by atoms with van der Waals surface area (Å²) in [5.74, 6) is 0. The van der Waals surface area contributed by atoms with E-state index in [0.717, 1.165) is 0 Å². The van der Waals surface area contributed by atoms with E-state index in [1.54, 1.807) is 0 Å². The molecule has 4 heteroatoms. The van der Waals surface area contributed by atoms with E-state index in [0.29, 0.717) is 0 Å². The molecule has 0 aliphatic carbocycles. The van der Waals surface area contributed by atoms with Crippen LogP contribution in [0, 0.1) is 0 Å². The summed E-state index contributed by atoms with van der Waals surface area (Å²) < 4.78 is 13.5. The van der Waals surface area contributed by atoms with Gasteiger partial charge in [0.05, 0.1) is 0 Å². The molecule has 0 amide bonds. The van der Waals surface area contributed by atoms with Crippen LogP contribution in [0.15, 0.2) is 4.36 Å². The van der Waals surface area contributed by atoms with Gasteiger partial charge < -0.3 is 0 Å². The Labute approximate surface area is 42.2 Å². The van der Waals surface area contributed by atoms with Crippen LogP contribution in [0.3, 0.4) is 0 Å². The van der Waals surface area contributed by atoms with Crippen molar-refractivity contribution < 1.29 is 4.21 Å². The van der Waals surface area contributed by atoms with E-state index in [4.69, 9.17) is 10.7 Å². The van der Waals surface area contributed by atoms with Crippen molar-refractivity contribution in [2.75, 3.05) is 13.3 Å². The normalized spacial score (nSPS) is 19.2. The molecule has 0 fully saturated rings. The van der Waals surface area contributed by atoms with Crippen LogP contribution >= 0.6 is 10.7 Å². The van der Waals surface area contributed by atoms with Crippen LogP contribution in [0.1, 0.15) is 0 Å². The van der Waals surface area contributed by atoms with Gasteiger partial charge in [0, 0.05) is 13.3 Å². The maximum absolute atomic E-state index is 10.2. The molecule has 0 saturated heterocycles. The second-order valence-electron chi connectivity index (χ2n) is 0.893. The lowest BCUT2D eigenvalue weighted by molar-refractivity contribution is 0.688. The third-order valence-corrected chi connectivity index (χ3v) is 1.39. The van der Waals surface area contributed by atoms with Crippen LogP contribution in [-0.2, 0) is 8.94 Å². The van der Waals surface area contributed by atoms with Gasteiger partial charge in [0.15, 0.2) is 0 Å². The molecule has 0 radical (unpaired) electrons. The first-order valence-corrected chi connectivity index (χ1v) is 4.11. The number of nitrogens with zero attached hydrogens (tertiary/aromatic N) is 1. The molecule has 0 aromatic rings. The summed E-state index contributed by atoms with van der Waals surface area (Å²) in [7, 11) is 4.19. The summed E-state index contributed by atoms with van der Waals surface area (Å²) in [6.45, 7) is 0. The van der Waals surface area contributed by atoms with Crippen molar-refractivity contribution >= 4 is 19.6 Å². The maximum atomic E-state index is 10.2. The standard InChI is InChI=1S/C2H6ClNOS/c1-4-6(2,3)5/h1-2H3. The van der Waals surface area contributed by atoms with Crippen molar-refractivity contribution in [1.29, 1.82) is 0 Å². The van der Waals surface area contributed by atoms with Crippen molar-refractivity contribution in [2.24, 2.45) is 4.36 Å². The molecule has 0 aliphatic heterocycles. The monoisotopic (exact) mass is 127 g/mol. The molecule has 0 spiro atoms. The van der Waals surface area contributed by atoms with E-state index in [1.165, 1.54) is 13.3 Å². The van der Waals surface area contributed by atoms with Gasteiger partial charge >= 0.3 is 0 Å². The molecule has 0 heterocycles. The molecule has 0 aromatic heterocycles. The molecule has 0 N–H and O–H groups in total. The molecule has 0 aliphatic rings. The maximum Gasteiger partial charge on any atom is 0.126 e. The van der Waals surface area contributed by atoms with Crippen LogP contribution in [0.5, 0.6) is 0 Å². The predicted octanol–water partition coefficient (Wildman–Crippen LogP) is 0.868. The van der Waals surface area contributed by atoms with Gasteiger partial charge in [-0.2, -0.15) is 0 Å². The Morgan fingerprint density at radius 2 is 2.00 bits per heavy atom. The summed E-state index contributed by atoms with van der Waals surface area (Å²) in [5, 5.41) is 0. The minimum atomic E-state index is -2.31. The van der Waals surface area contributed by atoms with Gasteiger partial charge in [0.2, 0.25) is 0 Å². The molecule has 0 aromatic carbocycles. The quantitative estimate of drug-likeness (QED) is 0.444. The van der Waals surface area contributed by atoms with E-state index in [1.807, 2.05) is 0 Å². The largest absolute Gasteiger partial charge is 0.234 e. The van der Waals surface area contributed by atoms with Gasteiger partial charge in [-0.05, 0) is 10.7 Å². The SMILES string of the molecule is CN=S(C)(=O)Cl. The third kappa shape index (κ3) is 4.24. The molecule has 38 valence electrons. The Morgan fingerprint density at radius 3 is 2.00 bits per heavy atom. The number of hydrogen-bond donors (Lipinski definition) is 0. The average molecular weight is 128 g/mol. The predicted molar refractivity (Wildman–Crippen MR) is 28.3 cm³/mol. The first-order chi connectivity index (χ1) is 2.56. The van der Waals surface area contributed by atoms with E-state index >= 15 is 0 Å². The summed E-state index contributed by atoms with van der Waals surface area (Å²) in [6, 6.07) is 0. The zero-order valence-electron chi connectivity index (χ0n) is 3.64. The fourth-order valence-electron chi connectivity index (χ4n) is 0. The lowest BCUT2D eigenvalue weighted by atomic mass is 11.6. The summed E-state index contributed by atoms with van der Waals surface area (Å²) in [6.07, 6.45) is 1.37. The third-order valence-electron chi connectivity index (χ3n) is 0.326. The first-order valence-electron chi connectivity index (χ1n) is 1.36. The molecule has 2 nitrogen and oxygen atoms in total. The van der Waals surface area contributed by atoms with E-state index in [9.17, 15) is 4.21 Å². The summed E-state index contributed by atoms with van der Waals surface area (Å²) in [4.78, 5) is 0. The second-order valence-corrected chi connectivity index (χ2v) is 4.40. The number of hydrogen-bond acceptors (Lipinski definition) is 2. The molecule has 6 heavy (non-hydrogen) atoms. The van der Waals surface area contributed by atoms with Crippen LogP contribution in [0.4, 0.5) is 0 Å². The minimum Gasteiger partial charge on any atom is -0.234 e. The highest BCUT2D eigenvalue weighted by Gasteiger charge is 1.82. The zero-order valence-corrected chi connectivity index (χ0v) is 5.21. The minimum absolute atomic E-state index is 1.37. The van der Waals surface area contributed by atoms with Crippen molar-refractivity contribution in [3.63, 3.8) is 0 Å². The highest BCUT2D eigenvalue weighted by molar-refractivity contribution is 8.15. The van der Waals surface area contributed by atoms with E-state index < -0.39 is 8.94 Å². The van der Waals surface area contributed by atoms with Gasteiger partial charge in [-0.1, -0.05) is 0 Å². The lowest BCUT2D eigenvalue weighted by Gasteiger charge is -1.79. The van der Waals surface area contributed by atoms with Gasteiger partial charge in [-0.3, -0.25) is 0 Å². The van der Waals surface area contributed by atoms with E-state index in [2.05, 4.69) is 4.36 Å². The highest BCUT2D eigenvalue weighted by atomic mass is 35.7. The Hall–Kier alpha value is 0.240. The molecule has 0 bridgehead atoms. The number of rotatable bonds is 0. The molecule has 0 rings (SSSR count). The Bertz CT molecular complexity index is 126. The number of halogens is 1. The first kappa shape index (κ1) is 6.24. The Morgan fingerprint density at radius 1 is 1.83 bits per heavy atom. The van der Waals surface area contributed by atoms with Crippen molar-refractivity contribution in [3.8, 4) is 0 Å². The molecule has 0 saturated carbocycles. The summed E-state index contributed by atoms with van der Waals surface area (Å²) >= 11 is 0. The zero-order chi connectivity index (χ0) is 5.21. The molecular formula is C2H6ClNOS. The fourth-order valence-corrected chi connectivity index (χ4v) is 0. The molecule has 1 atom stereocenters. The van der Waals surface area contributed by atoms with Gasteiger partial charge in [-0.15, -0.1) is 0 Å². The van der Waals surface area contributed by atoms with Crippen LogP contribution < -0.4 is 0 Å². The van der Waals surface area contributed by atoms with Crippen LogP contribution in [0.2, 0.25) is 0 Å². The Balaban J connectivity index is 4.24. The topological polar surface area (TPSA) is 29.4 Å². The summed E-state index contributed by atoms with van der Waals surface area (Å²) in [5.41, 5.74) is 0.